The first-order valence-corrected chi connectivity index (χ1v) is 11.2. The number of hydrogen-bond acceptors (Lipinski definition) is 4. The number of pyridine rings is 1. The zero-order chi connectivity index (χ0) is 23.4. The summed E-state index contributed by atoms with van der Waals surface area (Å²) in [6.45, 7) is 1.43. The molecule has 0 saturated heterocycles. The summed E-state index contributed by atoms with van der Waals surface area (Å²) in [6.07, 6.45) is 4.24. The van der Waals surface area contributed by atoms with E-state index in [0.29, 0.717) is 12.5 Å². The second-order valence-corrected chi connectivity index (χ2v) is 8.78. The van der Waals surface area contributed by atoms with Crippen molar-refractivity contribution >= 4 is 29.3 Å². The Morgan fingerprint density at radius 2 is 1.94 bits per heavy atom. The van der Waals surface area contributed by atoms with Gasteiger partial charge in [0.15, 0.2) is 0 Å². The molecule has 1 aliphatic carbocycles. The molecule has 1 aromatic carbocycles. The van der Waals surface area contributed by atoms with Gasteiger partial charge in [-0.2, -0.15) is 13.2 Å². The number of allylic oxidation sites excluding steroid dienone is 1. The van der Waals surface area contributed by atoms with Crippen molar-refractivity contribution in [3.05, 3.63) is 70.1 Å². The van der Waals surface area contributed by atoms with E-state index in [2.05, 4.69) is 20.6 Å². The van der Waals surface area contributed by atoms with Gasteiger partial charge in [-0.3, -0.25) is 14.8 Å². The normalized spacial score (nSPS) is 20.7. The summed E-state index contributed by atoms with van der Waals surface area (Å²) in [5.41, 5.74) is 2.13. The van der Waals surface area contributed by atoms with Crippen LogP contribution >= 0.6 is 11.6 Å². The molecule has 174 valence electrons. The minimum absolute atomic E-state index is 0.00913. The number of carbonyl (C=O) groups is 1. The lowest BCUT2D eigenvalue weighted by Gasteiger charge is -2.30. The Hall–Kier alpha value is -2.87. The molecule has 2 aliphatic rings. The van der Waals surface area contributed by atoms with E-state index in [9.17, 15) is 18.0 Å². The van der Waals surface area contributed by atoms with Crippen LogP contribution in [0.1, 0.15) is 47.2 Å². The minimum atomic E-state index is -4.53. The second-order valence-electron chi connectivity index (χ2n) is 8.37. The van der Waals surface area contributed by atoms with Crippen LogP contribution in [0, 0.1) is 5.92 Å². The Bertz CT molecular complexity index is 1060. The summed E-state index contributed by atoms with van der Waals surface area (Å²) in [4.78, 5) is 21.1. The zero-order valence-electron chi connectivity index (χ0n) is 17.8. The van der Waals surface area contributed by atoms with E-state index in [0.717, 1.165) is 67.3 Å². The van der Waals surface area contributed by atoms with Gasteiger partial charge in [0.05, 0.1) is 22.7 Å². The molecule has 0 unspecified atom stereocenters. The average Bonchev–Trinajstić information content (AvgIpc) is 3.27. The van der Waals surface area contributed by atoms with Gasteiger partial charge >= 0.3 is 6.18 Å². The van der Waals surface area contributed by atoms with E-state index in [4.69, 9.17) is 11.6 Å². The van der Waals surface area contributed by atoms with Gasteiger partial charge in [-0.05, 0) is 55.9 Å². The highest BCUT2D eigenvalue weighted by molar-refractivity contribution is 6.33. The molecule has 5 nitrogen and oxygen atoms in total. The summed E-state index contributed by atoms with van der Waals surface area (Å²) >= 11 is 5.99. The lowest BCUT2D eigenvalue weighted by atomic mass is 9.85. The lowest BCUT2D eigenvalue weighted by molar-refractivity contribution is -0.137. The van der Waals surface area contributed by atoms with Crippen molar-refractivity contribution in [2.75, 3.05) is 13.1 Å². The zero-order valence-corrected chi connectivity index (χ0v) is 18.6. The fourth-order valence-corrected chi connectivity index (χ4v) is 4.43. The number of aromatic nitrogens is 1. The first-order chi connectivity index (χ1) is 15.8. The maximum Gasteiger partial charge on any atom is 0.416 e. The molecule has 2 aromatic rings. The van der Waals surface area contributed by atoms with E-state index in [-0.39, 0.29) is 16.6 Å². The molecule has 0 atom stereocenters. The Labute approximate surface area is 195 Å². The van der Waals surface area contributed by atoms with Crippen molar-refractivity contribution in [2.24, 2.45) is 10.9 Å². The SMILES string of the molecule is O=C(NC1CCC(CNC2=C(c3cccnc3)C=NC2)CC1)c1cc(C(F)(F)F)ccc1Cl. The van der Waals surface area contributed by atoms with Gasteiger partial charge in [0.2, 0.25) is 0 Å². The Kier molecular flexibility index (Phi) is 7.02. The second kappa shape index (κ2) is 9.95. The van der Waals surface area contributed by atoms with Crippen molar-refractivity contribution in [3.63, 3.8) is 0 Å². The third-order valence-corrected chi connectivity index (χ3v) is 6.42. The molecule has 4 rings (SSSR count). The number of benzene rings is 1. The fraction of sp³-hybridized carbons (Fsp3) is 0.375. The van der Waals surface area contributed by atoms with E-state index in [1.807, 2.05) is 24.5 Å². The van der Waals surface area contributed by atoms with Gasteiger partial charge in [0.25, 0.3) is 5.91 Å². The molecule has 1 aromatic heterocycles. The van der Waals surface area contributed by atoms with E-state index in [1.54, 1.807) is 6.20 Å². The molecule has 0 spiro atoms. The third-order valence-electron chi connectivity index (χ3n) is 6.09. The van der Waals surface area contributed by atoms with Crippen LogP contribution in [0.4, 0.5) is 13.2 Å². The maximum atomic E-state index is 13.0. The standard InChI is InChI=1S/C24H24ClF3N4O/c25-21-8-5-17(24(26,27)28)10-19(21)23(33)32-18-6-3-15(4-7-18)11-31-22-14-30-13-20(22)16-2-1-9-29-12-16/h1-2,5,8-10,12-13,15,18,31H,3-4,6-7,11,14H2,(H,32,33). The Balaban J connectivity index is 1.29. The van der Waals surface area contributed by atoms with Gasteiger partial charge in [-0.25, -0.2) is 0 Å². The van der Waals surface area contributed by atoms with Crippen LogP contribution in [0.3, 0.4) is 0 Å². The molecule has 9 heteroatoms. The number of nitrogens with zero attached hydrogens (tertiary/aromatic N) is 2. The van der Waals surface area contributed by atoms with Crippen LogP contribution in [0.25, 0.3) is 5.57 Å². The predicted molar refractivity (Wildman–Crippen MR) is 122 cm³/mol. The van der Waals surface area contributed by atoms with Crippen LogP contribution < -0.4 is 10.6 Å². The van der Waals surface area contributed by atoms with Gasteiger partial charge in [-0.15, -0.1) is 0 Å². The van der Waals surface area contributed by atoms with Gasteiger partial charge in [0, 0.05) is 48.0 Å². The van der Waals surface area contributed by atoms with Gasteiger partial charge in [0.1, 0.15) is 0 Å². The summed E-state index contributed by atoms with van der Waals surface area (Å²) < 4.78 is 38.9. The van der Waals surface area contributed by atoms with Crippen molar-refractivity contribution in [3.8, 4) is 0 Å². The number of hydrogen-bond donors (Lipinski definition) is 2. The van der Waals surface area contributed by atoms with E-state index < -0.39 is 17.6 Å². The number of alkyl halides is 3. The summed E-state index contributed by atoms with van der Waals surface area (Å²) in [6, 6.07) is 6.62. The molecule has 0 bridgehead atoms. The highest BCUT2D eigenvalue weighted by atomic mass is 35.5. The fourth-order valence-electron chi connectivity index (χ4n) is 4.23. The molecule has 2 heterocycles. The van der Waals surface area contributed by atoms with Crippen LogP contribution in [-0.4, -0.2) is 36.2 Å². The number of amides is 1. The molecule has 1 aliphatic heterocycles. The molecular weight excluding hydrogens is 453 g/mol. The van der Waals surface area contributed by atoms with Gasteiger partial charge in [-0.1, -0.05) is 17.7 Å². The lowest BCUT2D eigenvalue weighted by Crippen LogP contribution is -2.39. The molecule has 1 saturated carbocycles. The van der Waals surface area contributed by atoms with Crippen LogP contribution in [-0.2, 0) is 6.18 Å². The molecule has 0 radical (unpaired) electrons. The molecular formula is C24H24ClF3N4O. The maximum absolute atomic E-state index is 13.0. The topological polar surface area (TPSA) is 66.4 Å². The first kappa shape index (κ1) is 23.3. The predicted octanol–water partition coefficient (Wildman–Crippen LogP) is 5.13. The summed E-state index contributed by atoms with van der Waals surface area (Å²) in [5.74, 6) is -0.124. The molecule has 1 amide bonds. The molecule has 33 heavy (non-hydrogen) atoms. The minimum Gasteiger partial charge on any atom is -0.386 e. The Morgan fingerprint density at radius 1 is 1.15 bits per heavy atom. The monoisotopic (exact) mass is 476 g/mol. The number of rotatable bonds is 6. The van der Waals surface area contributed by atoms with E-state index in [1.165, 1.54) is 0 Å². The van der Waals surface area contributed by atoms with Crippen LogP contribution in [0.2, 0.25) is 5.02 Å². The highest BCUT2D eigenvalue weighted by Gasteiger charge is 2.32. The quantitative estimate of drug-likeness (QED) is 0.607. The first-order valence-electron chi connectivity index (χ1n) is 10.9. The largest absolute Gasteiger partial charge is 0.416 e. The van der Waals surface area contributed by atoms with Gasteiger partial charge < -0.3 is 10.6 Å². The van der Waals surface area contributed by atoms with Crippen molar-refractivity contribution < 1.29 is 18.0 Å². The van der Waals surface area contributed by atoms with Crippen molar-refractivity contribution in [2.45, 2.75) is 37.9 Å². The number of carbonyl (C=O) groups excluding carboxylic acids is 1. The third kappa shape index (κ3) is 5.74. The smallest absolute Gasteiger partial charge is 0.386 e. The Morgan fingerprint density at radius 3 is 2.64 bits per heavy atom. The molecule has 2 N–H and O–H groups in total. The van der Waals surface area contributed by atoms with E-state index >= 15 is 0 Å². The van der Waals surface area contributed by atoms with Crippen molar-refractivity contribution in [1.82, 2.24) is 15.6 Å². The van der Waals surface area contributed by atoms with Crippen LogP contribution in [0.15, 0.2) is 53.4 Å². The number of nitrogens with one attached hydrogen (secondary N) is 2. The van der Waals surface area contributed by atoms with Crippen LogP contribution in [0.5, 0.6) is 0 Å². The summed E-state index contributed by atoms with van der Waals surface area (Å²) in [5, 5.41) is 6.39. The van der Waals surface area contributed by atoms with Crippen molar-refractivity contribution in [1.29, 1.82) is 0 Å². The number of aliphatic imine (C=N–C) groups is 1. The number of halogens is 4. The summed E-state index contributed by atoms with van der Waals surface area (Å²) in [7, 11) is 0. The average molecular weight is 477 g/mol. The molecule has 1 fully saturated rings. The highest BCUT2D eigenvalue weighted by Crippen LogP contribution is 2.32.